The van der Waals surface area contributed by atoms with E-state index >= 15 is 0 Å². The third kappa shape index (κ3) is 63.1. The Morgan fingerprint density at radius 1 is 0.263 bits per heavy atom. The van der Waals surface area contributed by atoms with Gasteiger partial charge in [0.1, 0.15) is 13.2 Å². The van der Waals surface area contributed by atoms with Gasteiger partial charge in [-0.15, -0.1) is 0 Å². The highest BCUT2D eigenvalue weighted by atomic mass is 16.6. The first-order chi connectivity index (χ1) is 39.5. The molecule has 0 aromatic rings. The summed E-state index contributed by atoms with van der Waals surface area (Å²) in [4.78, 5) is 38.1. The van der Waals surface area contributed by atoms with Gasteiger partial charge in [0.15, 0.2) is 6.10 Å². The Hall–Kier alpha value is -5.75. The highest BCUT2D eigenvalue weighted by molar-refractivity contribution is 5.71. The van der Waals surface area contributed by atoms with Crippen LogP contribution in [0.25, 0.3) is 0 Å². The molecular weight excluding hydrogens is 985 g/mol. The van der Waals surface area contributed by atoms with E-state index in [0.29, 0.717) is 19.3 Å². The minimum absolute atomic E-state index is 0.123. The van der Waals surface area contributed by atoms with Gasteiger partial charge in [0.05, 0.1) is 0 Å². The first-order valence-electron chi connectivity index (χ1n) is 31.4. The fourth-order valence-electron chi connectivity index (χ4n) is 7.68. The van der Waals surface area contributed by atoms with Crippen LogP contribution in [0.3, 0.4) is 0 Å². The molecule has 0 spiro atoms. The van der Waals surface area contributed by atoms with E-state index in [-0.39, 0.29) is 37.5 Å². The number of unbranched alkanes of at least 4 members (excludes halogenated alkanes) is 11. The smallest absolute Gasteiger partial charge is 0.306 e. The van der Waals surface area contributed by atoms with Crippen molar-refractivity contribution in [3.05, 3.63) is 194 Å². The zero-order valence-electron chi connectivity index (χ0n) is 50.8. The number of carbonyl (C=O) groups excluding carboxylic acids is 3. The number of rotatable bonds is 54. The molecule has 0 radical (unpaired) electrons. The van der Waals surface area contributed by atoms with Gasteiger partial charge in [-0.05, 0) is 154 Å². The monoisotopic (exact) mass is 1100 g/mol. The van der Waals surface area contributed by atoms with E-state index in [4.69, 9.17) is 14.2 Å². The predicted octanol–water partition coefficient (Wildman–Crippen LogP) is 21.8. The number of carbonyl (C=O) groups is 3. The van der Waals surface area contributed by atoms with Gasteiger partial charge >= 0.3 is 17.9 Å². The number of hydrogen-bond acceptors (Lipinski definition) is 6. The lowest BCUT2D eigenvalue weighted by molar-refractivity contribution is -0.167. The van der Waals surface area contributed by atoms with Crippen LogP contribution in [0.4, 0.5) is 0 Å². The Morgan fingerprint density at radius 2 is 0.500 bits per heavy atom. The molecule has 6 heteroatoms. The molecule has 0 saturated heterocycles. The van der Waals surface area contributed by atoms with Crippen molar-refractivity contribution in [1.29, 1.82) is 0 Å². The molecule has 0 bridgehead atoms. The third-order valence-corrected chi connectivity index (χ3v) is 12.3. The molecule has 444 valence electrons. The molecule has 1 atom stereocenters. The lowest BCUT2D eigenvalue weighted by Gasteiger charge is -2.18. The van der Waals surface area contributed by atoms with E-state index < -0.39 is 6.10 Å². The van der Waals surface area contributed by atoms with E-state index in [1.807, 2.05) is 0 Å². The van der Waals surface area contributed by atoms with Crippen LogP contribution in [0.2, 0.25) is 0 Å². The van der Waals surface area contributed by atoms with E-state index in [1.54, 1.807) is 0 Å². The molecule has 0 aromatic heterocycles. The van der Waals surface area contributed by atoms with Gasteiger partial charge < -0.3 is 14.2 Å². The largest absolute Gasteiger partial charge is 0.462 e. The van der Waals surface area contributed by atoms with E-state index in [0.717, 1.165) is 173 Å². The lowest BCUT2D eigenvalue weighted by Crippen LogP contribution is -2.30. The van der Waals surface area contributed by atoms with Crippen LogP contribution in [-0.2, 0) is 28.6 Å². The Morgan fingerprint density at radius 3 is 0.812 bits per heavy atom. The molecule has 80 heavy (non-hydrogen) atoms. The van der Waals surface area contributed by atoms with Gasteiger partial charge in [-0.3, -0.25) is 14.4 Å². The molecule has 0 saturated carbocycles. The molecule has 0 aromatic carbocycles. The molecule has 0 fully saturated rings. The fourth-order valence-corrected chi connectivity index (χ4v) is 7.68. The van der Waals surface area contributed by atoms with Crippen LogP contribution in [-0.4, -0.2) is 37.2 Å². The van der Waals surface area contributed by atoms with Gasteiger partial charge in [-0.2, -0.15) is 0 Å². The van der Waals surface area contributed by atoms with Gasteiger partial charge in [-0.1, -0.05) is 254 Å². The summed E-state index contributed by atoms with van der Waals surface area (Å²) >= 11 is 0. The first kappa shape index (κ1) is 74.2. The van der Waals surface area contributed by atoms with Gasteiger partial charge in [-0.25, -0.2) is 0 Å². The van der Waals surface area contributed by atoms with Crippen molar-refractivity contribution < 1.29 is 28.6 Å². The summed E-state index contributed by atoms with van der Waals surface area (Å²) in [6.07, 6.45) is 100. The van der Waals surface area contributed by atoms with Crippen LogP contribution in [0.1, 0.15) is 233 Å². The minimum atomic E-state index is -0.832. The molecule has 1 unspecified atom stereocenters. The molecule has 0 aliphatic carbocycles. The van der Waals surface area contributed by atoms with Crippen LogP contribution < -0.4 is 0 Å². The molecular formula is C74H112O6. The Bertz CT molecular complexity index is 1930. The molecule has 0 aliphatic rings. The van der Waals surface area contributed by atoms with Crippen molar-refractivity contribution in [3.63, 3.8) is 0 Å². The van der Waals surface area contributed by atoms with Crippen molar-refractivity contribution in [2.24, 2.45) is 0 Å². The van der Waals surface area contributed by atoms with Crippen molar-refractivity contribution in [2.45, 2.75) is 239 Å². The predicted molar refractivity (Wildman–Crippen MR) is 347 cm³/mol. The average Bonchev–Trinajstić information content (AvgIpc) is 3.46. The van der Waals surface area contributed by atoms with Crippen LogP contribution in [0, 0.1) is 0 Å². The second-order valence-corrected chi connectivity index (χ2v) is 19.8. The number of ether oxygens (including phenoxy) is 3. The summed E-state index contributed by atoms with van der Waals surface area (Å²) in [5.74, 6) is -1.03. The third-order valence-electron chi connectivity index (χ3n) is 12.3. The zero-order valence-corrected chi connectivity index (χ0v) is 50.8. The summed E-state index contributed by atoms with van der Waals surface area (Å²) in [5.41, 5.74) is 0. The zero-order chi connectivity index (χ0) is 57.8. The van der Waals surface area contributed by atoms with Gasteiger partial charge in [0.25, 0.3) is 0 Å². The first-order valence-corrected chi connectivity index (χ1v) is 31.4. The van der Waals surface area contributed by atoms with Crippen molar-refractivity contribution >= 4 is 17.9 Å². The van der Waals surface area contributed by atoms with Crippen molar-refractivity contribution in [2.75, 3.05) is 13.2 Å². The fraction of sp³-hybridized carbons (Fsp3) is 0.527. The second kappa shape index (κ2) is 65.8. The van der Waals surface area contributed by atoms with E-state index in [1.165, 1.54) is 12.8 Å². The maximum atomic E-state index is 12.8. The normalized spacial score (nSPS) is 13.5. The lowest BCUT2D eigenvalue weighted by atomic mass is 10.1. The molecule has 0 aliphatic heterocycles. The molecule has 6 nitrogen and oxygen atoms in total. The minimum Gasteiger partial charge on any atom is -0.462 e. The Labute approximate surface area is 490 Å². The van der Waals surface area contributed by atoms with Crippen molar-refractivity contribution in [3.8, 4) is 0 Å². The highest BCUT2D eigenvalue weighted by Crippen LogP contribution is 2.12. The Kier molecular flexibility index (Phi) is 61.0. The quantitative estimate of drug-likeness (QED) is 0.0261. The highest BCUT2D eigenvalue weighted by Gasteiger charge is 2.19. The van der Waals surface area contributed by atoms with Crippen LogP contribution >= 0.6 is 0 Å². The summed E-state index contributed by atoms with van der Waals surface area (Å²) in [5, 5.41) is 0. The molecule has 0 N–H and O–H groups in total. The average molecular weight is 1100 g/mol. The van der Waals surface area contributed by atoms with Crippen LogP contribution in [0.5, 0.6) is 0 Å². The maximum absolute atomic E-state index is 12.8. The number of esters is 3. The topological polar surface area (TPSA) is 78.9 Å². The van der Waals surface area contributed by atoms with Crippen molar-refractivity contribution in [1.82, 2.24) is 0 Å². The Balaban J connectivity index is 4.36. The second-order valence-electron chi connectivity index (χ2n) is 19.8. The van der Waals surface area contributed by atoms with E-state index in [9.17, 15) is 14.4 Å². The van der Waals surface area contributed by atoms with Gasteiger partial charge in [0.2, 0.25) is 0 Å². The summed E-state index contributed by atoms with van der Waals surface area (Å²) < 4.78 is 16.8. The molecule has 0 amide bonds. The number of allylic oxidation sites excluding steroid dienone is 32. The molecule has 0 rings (SSSR count). The van der Waals surface area contributed by atoms with Crippen LogP contribution in [0.15, 0.2) is 194 Å². The maximum Gasteiger partial charge on any atom is 0.306 e. The SMILES string of the molecule is CC/C=C\C/C=C\C/C=C\C/C=C\C/C=C\C/C=C\C/C=C\C/C=C\C/C=C\C/C=C\CCCCCCC(=O)OCC(COC(=O)CCCCCCC/C=C\CCC)OC(=O)CCC/C=C\C/C=C\C/C=C\C/C=C\C/C=C\CC. The van der Waals surface area contributed by atoms with E-state index in [2.05, 4.69) is 215 Å². The summed E-state index contributed by atoms with van der Waals surface area (Å²) in [6, 6.07) is 0. The standard InChI is InChI=1S/C74H112O6/c1-4-7-10-13-16-19-22-24-26-28-29-30-31-32-33-34-35-36-37-38-39-40-41-42-43-44-45-47-48-50-52-55-58-61-64-67-73(76)79-70-71(69-78-72(75)66-63-60-57-54-21-18-15-12-9-6-3)80-74(77)68-65-62-59-56-53-51-49-46-27-25-23-20-17-14-11-8-5-2/h7-8,10-12,15-17,19-20,24-27,29-30,32-33,35-36,38-39,41-42,44-45,48-51,56,59,71H,4-6,9,13-14,18,21-23,28,31,34,37,40,43,46-47,52-55,57-58,60-70H2,1-3H3/b10-7-,11-8-,15-12-,19-16-,20-17-,26-24-,27-25-,30-29-,33-32-,36-35-,39-38-,42-41-,45-44-,50-48-,51-49-,59-56-. The molecule has 0 heterocycles. The van der Waals surface area contributed by atoms with Gasteiger partial charge in [0, 0.05) is 19.3 Å². The summed E-state index contributed by atoms with van der Waals surface area (Å²) in [7, 11) is 0. The summed E-state index contributed by atoms with van der Waals surface area (Å²) in [6.45, 7) is 6.25. The number of hydrogen-bond donors (Lipinski definition) is 0.